The van der Waals surface area contributed by atoms with Crippen LogP contribution in [0, 0.1) is 0 Å². The van der Waals surface area contributed by atoms with Crippen LogP contribution in [0.1, 0.15) is 16.1 Å². The molecule has 0 aliphatic carbocycles. The van der Waals surface area contributed by atoms with Crippen molar-refractivity contribution < 1.29 is 19.4 Å². The number of hydrogen-bond acceptors (Lipinski definition) is 6. The third-order valence-electron chi connectivity index (χ3n) is 3.27. The Bertz CT molecular complexity index is 772. The molecule has 2 rings (SSSR count). The molecule has 0 radical (unpaired) electrons. The van der Waals surface area contributed by atoms with E-state index in [1.54, 1.807) is 18.2 Å². The first-order chi connectivity index (χ1) is 11.0. The zero-order valence-electron chi connectivity index (χ0n) is 13.0. The molecular formula is C15H17N3O5. The second-order valence-electron chi connectivity index (χ2n) is 4.74. The van der Waals surface area contributed by atoms with Gasteiger partial charge in [-0.2, -0.15) is 0 Å². The number of hydrogen-bond donors (Lipinski definition) is 2. The number of nitrogens with one attached hydrogen (secondary N) is 1. The van der Waals surface area contributed by atoms with E-state index in [0.29, 0.717) is 17.1 Å². The molecule has 122 valence electrons. The van der Waals surface area contributed by atoms with Gasteiger partial charge in [-0.05, 0) is 6.07 Å². The Hall–Kier alpha value is -3.03. The topological polar surface area (TPSA) is 105 Å². The number of para-hydroxylation sites is 1. The zero-order valence-corrected chi connectivity index (χ0v) is 13.0. The van der Waals surface area contributed by atoms with Gasteiger partial charge >= 0.3 is 0 Å². The van der Waals surface area contributed by atoms with Crippen molar-refractivity contribution in [3.63, 3.8) is 0 Å². The van der Waals surface area contributed by atoms with Gasteiger partial charge in [0, 0.05) is 19.2 Å². The predicted octanol–water partition coefficient (Wildman–Crippen LogP) is 0.765. The zero-order chi connectivity index (χ0) is 17.0. The van der Waals surface area contributed by atoms with Crippen LogP contribution in [0.15, 0.2) is 29.3 Å². The minimum absolute atomic E-state index is 0.188. The number of carbonyl (C=O) groups excluding carboxylic acids is 1. The first-order valence-corrected chi connectivity index (χ1v) is 6.71. The lowest BCUT2D eigenvalue weighted by molar-refractivity contribution is 0.0774. The number of aromatic amines is 1. The molecule has 8 heteroatoms. The number of amides is 1. The van der Waals surface area contributed by atoms with Gasteiger partial charge in [-0.15, -0.1) is 0 Å². The summed E-state index contributed by atoms with van der Waals surface area (Å²) in [5.74, 6) is -0.235. The van der Waals surface area contributed by atoms with E-state index in [-0.39, 0.29) is 12.2 Å². The molecule has 0 aliphatic heterocycles. The lowest BCUT2D eigenvalue weighted by atomic mass is 10.1. The van der Waals surface area contributed by atoms with Gasteiger partial charge in [0.05, 0.1) is 20.5 Å². The SMILES string of the molecule is COc1cccc(CN(C)C(=O)c2nc[nH]c(=O)c2O)c1OC. The van der Waals surface area contributed by atoms with Gasteiger partial charge in [0.15, 0.2) is 17.2 Å². The van der Waals surface area contributed by atoms with Crippen LogP contribution >= 0.6 is 0 Å². The lowest BCUT2D eigenvalue weighted by Gasteiger charge is -2.19. The molecule has 0 atom stereocenters. The molecule has 1 aromatic heterocycles. The fourth-order valence-corrected chi connectivity index (χ4v) is 2.14. The van der Waals surface area contributed by atoms with E-state index in [2.05, 4.69) is 9.97 Å². The third-order valence-corrected chi connectivity index (χ3v) is 3.27. The molecule has 2 N–H and O–H groups in total. The monoisotopic (exact) mass is 319 g/mol. The maximum absolute atomic E-state index is 12.4. The molecule has 1 amide bonds. The Morgan fingerprint density at radius 3 is 2.74 bits per heavy atom. The highest BCUT2D eigenvalue weighted by molar-refractivity contribution is 5.94. The highest BCUT2D eigenvalue weighted by atomic mass is 16.5. The lowest BCUT2D eigenvalue weighted by Crippen LogP contribution is -2.28. The molecule has 0 unspecified atom stereocenters. The van der Waals surface area contributed by atoms with Crippen molar-refractivity contribution in [1.82, 2.24) is 14.9 Å². The third kappa shape index (κ3) is 3.25. The molecule has 0 saturated heterocycles. The van der Waals surface area contributed by atoms with Gasteiger partial charge < -0.3 is 24.5 Å². The maximum atomic E-state index is 12.4. The summed E-state index contributed by atoms with van der Waals surface area (Å²) in [4.78, 5) is 30.9. The van der Waals surface area contributed by atoms with E-state index in [1.807, 2.05) is 0 Å². The van der Waals surface area contributed by atoms with E-state index in [4.69, 9.17) is 9.47 Å². The molecule has 2 aromatic rings. The van der Waals surface area contributed by atoms with Crippen LogP contribution in [0.5, 0.6) is 17.2 Å². The van der Waals surface area contributed by atoms with Crippen LogP contribution in [-0.2, 0) is 6.54 Å². The highest BCUT2D eigenvalue weighted by Crippen LogP contribution is 2.31. The van der Waals surface area contributed by atoms with Crippen LogP contribution in [0.4, 0.5) is 0 Å². The summed E-state index contributed by atoms with van der Waals surface area (Å²) in [5, 5.41) is 9.67. The average Bonchev–Trinajstić information content (AvgIpc) is 2.56. The molecule has 8 nitrogen and oxygen atoms in total. The minimum atomic E-state index is -0.768. The van der Waals surface area contributed by atoms with Gasteiger partial charge in [0.25, 0.3) is 11.5 Å². The number of nitrogens with zero attached hydrogens (tertiary/aromatic N) is 2. The summed E-state index contributed by atoms with van der Waals surface area (Å²) < 4.78 is 10.5. The highest BCUT2D eigenvalue weighted by Gasteiger charge is 2.21. The summed E-state index contributed by atoms with van der Waals surface area (Å²) in [7, 11) is 4.56. The molecule has 23 heavy (non-hydrogen) atoms. The fourth-order valence-electron chi connectivity index (χ4n) is 2.14. The molecule has 0 aliphatic rings. The quantitative estimate of drug-likeness (QED) is 0.843. The van der Waals surface area contributed by atoms with Crippen molar-refractivity contribution in [3.05, 3.63) is 46.1 Å². The van der Waals surface area contributed by atoms with Crippen LogP contribution in [0.25, 0.3) is 0 Å². The predicted molar refractivity (Wildman–Crippen MR) is 81.9 cm³/mol. The molecule has 0 saturated carbocycles. The molecule has 0 bridgehead atoms. The van der Waals surface area contributed by atoms with Crippen molar-refractivity contribution in [2.45, 2.75) is 6.54 Å². The number of aromatic nitrogens is 2. The van der Waals surface area contributed by atoms with Gasteiger partial charge in [-0.3, -0.25) is 9.59 Å². The summed E-state index contributed by atoms with van der Waals surface area (Å²) in [5.41, 5.74) is -0.360. The van der Waals surface area contributed by atoms with Crippen molar-refractivity contribution in [1.29, 1.82) is 0 Å². The minimum Gasteiger partial charge on any atom is -0.501 e. The van der Waals surface area contributed by atoms with Crippen LogP contribution in [0.2, 0.25) is 0 Å². The Kier molecular flexibility index (Phi) is 4.85. The first-order valence-electron chi connectivity index (χ1n) is 6.71. The van der Waals surface area contributed by atoms with Crippen molar-refractivity contribution >= 4 is 5.91 Å². The number of methoxy groups -OCH3 is 2. The number of ether oxygens (including phenoxy) is 2. The molecular weight excluding hydrogens is 302 g/mol. The normalized spacial score (nSPS) is 10.2. The molecule has 0 spiro atoms. The fraction of sp³-hybridized carbons (Fsp3) is 0.267. The Morgan fingerprint density at radius 2 is 2.09 bits per heavy atom. The van der Waals surface area contributed by atoms with E-state index >= 15 is 0 Å². The smallest absolute Gasteiger partial charge is 0.293 e. The second-order valence-corrected chi connectivity index (χ2v) is 4.74. The average molecular weight is 319 g/mol. The van der Waals surface area contributed by atoms with Gasteiger partial charge in [-0.1, -0.05) is 12.1 Å². The van der Waals surface area contributed by atoms with E-state index in [0.717, 1.165) is 6.33 Å². The van der Waals surface area contributed by atoms with Gasteiger partial charge in [0.2, 0.25) is 5.75 Å². The number of rotatable bonds is 5. The Morgan fingerprint density at radius 1 is 1.35 bits per heavy atom. The largest absolute Gasteiger partial charge is 0.501 e. The molecule has 1 heterocycles. The van der Waals surface area contributed by atoms with Crippen molar-refractivity contribution in [2.75, 3.05) is 21.3 Å². The van der Waals surface area contributed by atoms with E-state index < -0.39 is 17.2 Å². The van der Waals surface area contributed by atoms with Crippen LogP contribution in [0.3, 0.4) is 0 Å². The molecule has 0 fully saturated rings. The number of H-pyrrole nitrogens is 1. The number of carbonyl (C=O) groups is 1. The second kappa shape index (κ2) is 6.82. The maximum Gasteiger partial charge on any atom is 0.293 e. The van der Waals surface area contributed by atoms with E-state index in [1.165, 1.54) is 26.2 Å². The van der Waals surface area contributed by atoms with Crippen molar-refractivity contribution in [2.24, 2.45) is 0 Å². The summed E-state index contributed by atoms with van der Waals surface area (Å²) in [6.45, 7) is 0.188. The van der Waals surface area contributed by atoms with Crippen LogP contribution in [-0.4, -0.2) is 47.1 Å². The van der Waals surface area contributed by atoms with Crippen molar-refractivity contribution in [3.8, 4) is 17.2 Å². The van der Waals surface area contributed by atoms with Gasteiger partial charge in [-0.25, -0.2) is 4.98 Å². The summed E-state index contributed by atoms with van der Waals surface area (Å²) in [6, 6.07) is 5.31. The number of aromatic hydroxyl groups is 1. The summed E-state index contributed by atoms with van der Waals surface area (Å²) >= 11 is 0. The van der Waals surface area contributed by atoms with E-state index in [9.17, 15) is 14.7 Å². The van der Waals surface area contributed by atoms with Gasteiger partial charge in [0.1, 0.15) is 0 Å². The number of benzene rings is 1. The first kappa shape index (κ1) is 16.3. The molecule has 1 aromatic carbocycles. The summed E-state index contributed by atoms with van der Waals surface area (Å²) in [6.07, 6.45) is 1.06. The standard InChI is InChI=1S/C15H17N3O5/c1-18(15(21)11-12(19)14(20)17-8-16-11)7-9-5-4-6-10(22-2)13(9)23-3/h4-6,8,19H,7H2,1-3H3,(H,16,17,20). The van der Waals surface area contributed by atoms with Crippen LogP contribution < -0.4 is 15.0 Å². The Labute approximate surface area is 132 Å². The Balaban J connectivity index is 2.29.